The van der Waals surface area contributed by atoms with Crippen molar-refractivity contribution in [2.24, 2.45) is 0 Å². The third-order valence-electron chi connectivity index (χ3n) is 3.22. The van der Waals surface area contributed by atoms with E-state index in [-0.39, 0.29) is 11.9 Å². The average Bonchev–Trinajstić information content (AvgIpc) is 2.82. The van der Waals surface area contributed by atoms with Gasteiger partial charge in [0.15, 0.2) is 0 Å². The predicted molar refractivity (Wildman–Crippen MR) is 79.2 cm³/mol. The van der Waals surface area contributed by atoms with Crippen molar-refractivity contribution in [1.29, 1.82) is 0 Å². The summed E-state index contributed by atoms with van der Waals surface area (Å²) in [4.78, 5) is 22.7. The monoisotopic (exact) mass is 279 g/mol. The summed E-state index contributed by atoms with van der Waals surface area (Å²) >= 11 is 0. The molecule has 1 saturated heterocycles. The van der Waals surface area contributed by atoms with Gasteiger partial charge in [-0.25, -0.2) is 4.79 Å². The molecule has 112 valence electrons. The lowest BCUT2D eigenvalue weighted by atomic mass is 10.1. The Labute approximate surface area is 121 Å². The van der Waals surface area contributed by atoms with E-state index in [0.29, 0.717) is 13.0 Å². The molecular weight excluding hydrogens is 254 g/mol. The first-order chi connectivity index (χ1) is 9.74. The number of hydrogen-bond acceptors (Lipinski definition) is 3. The molecule has 0 aromatic heterocycles. The summed E-state index contributed by atoms with van der Waals surface area (Å²) in [5, 5.41) is 2.62. The largest absolute Gasteiger partial charge is 0.464 e. The molecule has 0 aromatic carbocycles. The zero-order valence-corrected chi connectivity index (χ0v) is 12.3. The molecule has 1 aliphatic rings. The Morgan fingerprint density at radius 2 is 2.10 bits per heavy atom. The van der Waals surface area contributed by atoms with Gasteiger partial charge >= 0.3 is 5.97 Å². The van der Waals surface area contributed by atoms with Crippen molar-refractivity contribution < 1.29 is 14.3 Å². The van der Waals surface area contributed by atoms with E-state index in [2.05, 4.69) is 18.3 Å². The number of esters is 1. The van der Waals surface area contributed by atoms with Gasteiger partial charge in [0.25, 0.3) is 0 Å². The number of ether oxygens (including phenoxy) is 1. The molecule has 0 radical (unpaired) electrons. The standard InChI is InChI=1S/C16H25NO3/c1-2-3-4-5-6-7-8-9-10-11-15(18)17-14-12-13-20-16(14)19/h8-11,14H,2-7,12-13H2,1H3,(H,17,18)/b9-8+,11-10+/t14-/m0/s1. The van der Waals surface area contributed by atoms with Gasteiger partial charge in [-0.15, -0.1) is 0 Å². The second-order valence-corrected chi connectivity index (χ2v) is 5.01. The molecule has 0 bridgehead atoms. The van der Waals surface area contributed by atoms with Crippen LogP contribution in [0.15, 0.2) is 24.3 Å². The summed E-state index contributed by atoms with van der Waals surface area (Å²) in [5.74, 6) is -0.587. The maximum Gasteiger partial charge on any atom is 0.328 e. The quantitative estimate of drug-likeness (QED) is 0.305. The zero-order chi connectivity index (χ0) is 14.6. The van der Waals surface area contributed by atoms with Gasteiger partial charge in [0, 0.05) is 12.5 Å². The smallest absolute Gasteiger partial charge is 0.328 e. The van der Waals surface area contributed by atoms with Crippen LogP contribution in [0, 0.1) is 0 Å². The molecule has 0 aromatic rings. The molecule has 20 heavy (non-hydrogen) atoms. The first-order valence-electron chi connectivity index (χ1n) is 7.54. The second-order valence-electron chi connectivity index (χ2n) is 5.01. The fourth-order valence-electron chi connectivity index (χ4n) is 2.03. The second kappa shape index (κ2) is 10.2. The van der Waals surface area contributed by atoms with Gasteiger partial charge in [0.05, 0.1) is 6.61 Å². The van der Waals surface area contributed by atoms with Crippen LogP contribution in [0.4, 0.5) is 0 Å². The fourth-order valence-corrected chi connectivity index (χ4v) is 2.03. The van der Waals surface area contributed by atoms with E-state index in [1.165, 1.54) is 38.2 Å². The van der Waals surface area contributed by atoms with Gasteiger partial charge < -0.3 is 10.1 Å². The van der Waals surface area contributed by atoms with Crippen molar-refractivity contribution in [3.63, 3.8) is 0 Å². The topological polar surface area (TPSA) is 55.4 Å². The van der Waals surface area contributed by atoms with Crippen LogP contribution in [-0.4, -0.2) is 24.5 Å². The van der Waals surface area contributed by atoms with Crippen LogP contribution < -0.4 is 5.32 Å². The first-order valence-corrected chi connectivity index (χ1v) is 7.54. The lowest BCUT2D eigenvalue weighted by molar-refractivity contribution is -0.140. The van der Waals surface area contributed by atoms with E-state index in [0.717, 1.165) is 6.42 Å². The Balaban J connectivity index is 2.07. The Morgan fingerprint density at radius 1 is 1.30 bits per heavy atom. The maximum atomic E-state index is 11.5. The molecule has 1 amide bonds. The number of rotatable bonds is 9. The van der Waals surface area contributed by atoms with Crippen LogP contribution in [0.5, 0.6) is 0 Å². The zero-order valence-electron chi connectivity index (χ0n) is 12.3. The van der Waals surface area contributed by atoms with Crippen molar-refractivity contribution in [2.75, 3.05) is 6.61 Å². The summed E-state index contributed by atoms with van der Waals surface area (Å²) in [6.45, 7) is 2.60. The van der Waals surface area contributed by atoms with Crippen LogP contribution in [0.25, 0.3) is 0 Å². The van der Waals surface area contributed by atoms with E-state index >= 15 is 0 Å². The molecule has 1 rings (SSSR count). The molecule has 0 aliphatic carbocycles. The van der Waals surface area contributed by atoms with E-state index in [4.69, 9.17) is 4.74 Å². The number of unbranched alkanes of at least 4 members (excludes halogenated alkanes) is 5. The fraction of sp³-hybridized carbons (Fsp3) is 0.625. The minimum absolute atomic E-state index is 0.249. The molecule has 0 saturated carbocycles. The van der Waals surface area contributed by atoms with E-state index in [1.807, 2.05) is 6.08 Å². The van der Waals surface area contributed by atoms with Gasteiger partial charge in [0.1, 0.15) is 6.04 Å². The van der Waals surface area contributed by atoms with Gasteiger partial charge in [-0.1, -0.05) is 50.8 Å². The van der Waals surface area contributed by atoms with E-state index < -0.39 is 6.04 Å². The van der Waals surface area contributed by atoms with Crippen LogP contribution in [0.3, 0.4) is 0 Å². The Bertz CT molecular complexity index is 361. The molecule has 4 nitrogen and oxygen atoms in total. The normalized spacial score (nSPS) is 18.9. The van der Waals surface area contributed by atoms with Crippen molar-refractivity contribution in [2.45, 2.75) is 57.9 Å². The minimum atomic E-state index is -0.477. The van der Waals surface area contributed by atoms with Crippen molar-refractivity contribution >= 4 is 11.9 Å². The number of carbonyl (C=O) groups is 2. The van der Waals surface area contributed by atoms with Gasteiger partial charge in [-0.05, 0) is 12.8 Å². The molecule has 1 atom stereocenters. The van der Waals surface area contributed by atoms with Gasteiger partial charge in [0.2, 0.25) is 5.91 Å². The first kappa shape index (κ1) is 16.5. The van der Waals surface area contributed by atoms with Crippen LogP contribution in [-0.2, 0) is 14.3 Å². The molecule has 0 spiro atoms. The molecular formula is C16H25NO3. The number of allylic oxidation sites excluding steroid dienone is 3. The number of hydrogen-bond donors (Lipinski definition) is 1. The average molecular weight is 279 g/mol. The molecule has 4 heteroatoms. The molecule has 0 unspecified atom stereocenters. The molecule has 1 heterocycles. The predicted octanol–water partition coefficient (Wildman–Crippen LogP) is 2.89. The van der Waals surface area contributed by atoms with Crippen LogP contribution in [0.1, 0.15) is 51.9 Å². The van der Waals surface area contributed by atoms with Gasteiger partial charge in [-0.3, -0.25) is 4.79 Å². The maximum absolute atomic E-state index is 11.5. The summed E-state index contributed by atoms with van der Waals surface area (Å²) in [7, 11) is 0. The van der Waals surface area contributed by atoms with Crippen LogP contribution >= 0.6 is 0 Å². The third kappa shape index (κ3) is 7.12. The highest BCUT2D eigenvalue weighted by Gasteiger charge is 2.26. The summed E-state index contributed by atoms with van der Waals surface area (Å²) < 4.78 is 4.77. The number of nitrogens with one attached hydrogen (secondary N) is 1. The number of cyclic esters (lactones) is 1. The van der Waals surface area contributed by atoms with E-state index in [9.17, 15) is 9.59 Å². The highest BCUT2D eigenvalue weighted by atomic mass is 16.5. The highest BCUT2D eigenvalue weighted by molar-refractivity contribution is 5.92. The lowest BCUT2D eigenvalue weighted by Crippen LogP contribution is -2.36. The van der Waals surface area contributed by atoms with Crippen molar-refractivity contribution in [3.8, 4) is 0 Å². The lowest BCUT2D eigenvalue weighted by Gasteiger charge is -2.04. The minimum Gasteiger partial charge on any atom is -0.464 e. The van der Waals surface area contributed by atoms with E-state index in [1.54, 1.807) is 6.08 Å². The van der Waals surface area contributed by atoms with Crippen molar-refractivity contribution in [1.82, 2.24) is 5.32 Å². The molecule has 1 fully saturated rings. The number of amides is 1. The summed E-state index contributed by atoms with van der Waals surface area (Å²) in [6.07, 6.45) is 15.1. The summed E-state index contributed by atoms with van der Waals surface area (Å²) in [6, 6.07) is -0.477. The number of carbonyl (C=O) groups excluding carboxylic acids is 2. The summed E-state index contributed by atoms with van der Waals surface area (Å²) in [5.41, 5.74) is 0. The third-order valence-corrected chi connectivity index (χ3v) is 3.22. The Morgan fingerprint density at radius 3 is 2.80 bits per heavy atom. The van der Waals surface area contributed by atoms with Gasteiger partial charge in [-0.2, -0.15) is 0 Å². The SMILES string of the molecule is CCCCCCC/C=C/C=C/C(=O)N[C@H]1CCOC1=O. The molecule has 1 N–H and O–H groups in total. The Kier molecular flexibility index (Phi) is 8.43. The Hall–Kier alpha value is -1.58. The highest BCUT2D eigenvalue weighted by Crippen LogP contribution is 2.06. The van der Waals surface area contributed by atoms with Crippen molar-refractivity contribution in [3.05, 3.63) is 24.3 Å². The van der Waals surface area contributed by atoms with Crippen LogP contribution in [0.2, 0.25) is 0 Å². The molecule has 1 aliphatic heterocycles.